The van der Waals surface area contributed by atoms with Crippen LogP contribution < -0.4 is 26.3 Å². The van der Waals surface area contributed by atoms with E-state index in [-0.39, 0.29) is 0 Å². The Kier molecular flexibility index (Phi) is 6.32. The second-order valence-corrected chi connectivity index (χ2v) is 8.42. The van der Waals surface area contributed by atoms with E-state index in [9.17, 15) is 0 Å². The number of nitrogens with two attached hydrogens (primary N) is 2. The van der Waals surface area contributed by atoms with Gasteiger partial charge in [0, 0.05) is 47.4 Å². The second-order valence-electron chi connectivity index (χ2n) is 8.42. The molecular formula is C28H35N4O+. The highest BCUT2D eigenvalue weighted by Gasteiger charge is 2.21. The van der Waals surface area contributed by atoms with Gasteiger partial charge in [-0.25, -0.2) is 4.58 Å². The van der Waals surface area contributed by atoms with Crippen LogP contribution in [0.4, 0.5) is 17.1 Å². The standard InChI is InChI=1S/C28H34N4O/c1-6-31(7-2)19-10-12-22-25(16-19)33-26-17-20(32(8-3)9-4)11-13-23(26)27(22)21-14-15-24(29)28(30)18(21)5/h10-17,29H,6-9,30H2,1-5H3/p+1. The molecule has 0 aromatic heterocycles. The Morgan fingerprint density at radius 1 is 0.848 bits per heavy atom. The molecule has 0 spiro atoms. The quantitative estimate of drug-likeness (QED) is 0.240. The first kappa shape index (κ1) is 22.7. The Labute approximate surface area is 196 Å². The van der Waals surface area contributed by atoms with Gasteiger partial charge in [0.15, 0.2) is 0 Å². The molecule has 2 aromatic rings. The van der Waals surface area contributed by atoms with E-state index in [1.165, 1.54) is 0 Å². The zero-order valence-electron chi connectivity index (χ0n) is 20.4. The van der Waals surface area contributed by atoms with Gasteiger partial charge in [-0.3, -0.25) is 0 Å². The van der Waals surface area contributed by atoms with Crippen LogP contribution in [0.5, 0.6) is 0 Å². The number of nitrogen functional groups attached to an aromatic ring is 2. The highest BCUT2D eigenvalue weighted by atomic mass is 16.3. The molecule has 5 heteroatoms. The van der Waals surface area contributed by atoms with Crippen molar-refractivity contribution >= 4 is 28.0 Å². The molecule has 0 saturated heterocycles. The highest BCUT2D eigenvalue weighted by molar-refractivity contribution is 6.04. The summed E-state index contributed by atoms with van der Waals surface area (Å²) < 4.78 is 8.88. The van der Waals surface area contributed by atoms with Crippen molar-refractivity contribution in [1.29, 1.82) is 0 Å². The van der Waals surface area contributed by atoms with Crippen LogP contribution in [0.25, 0.3) is 33.4 Å². The van der Waals surface area contributed by atoms with E-state index in [0.29, 0.717) is 11.4 Å². The van der Waals surface area contributed by atoms with Crippen LogP contribution in [0.3, 0.4) is 0 Å². The third-order valence-electron chi connectivity index (χ3n) is 6.76. The predicted octanol–water partition coefficient (Wildman–Crippen LogP) is 5.34. The SMILES string of the molecule is CCN(CC)c1ccc2c(-c3ccc(N)c(N)c3C)c3ccc(=[N+](CC)CC)cc-3oc2c1. The van der Waals surface area contributed by atoms with Gasteiger partial charge in [0.25, 0.3) is 0 Å². The zero-order chi connectivity index (χ0) is 23.7. The molecule has 0 unspecified atom stereocenters. The molecule has 0 atom stereocenters. The van der Waals surface area contributed by atoms with Crippen molar-refractivity contribution in [3.63, 3.8) is 0 Å². The molecule has 0 amide bonds. The van der Waals surface area contributed by atoms with Crippen LogP contribution in [0.2, 0.25) is 0 Å². The minimum absolute atomic E-state index is 0.609. The lowest BCUT2D eigenvalue weighted by atomic mass is 9.90. The maximum atomic E-state index is 6.55. The average Bonchev–Trinajstić information content (AvgIpc) is 2.83. The van der Waals surface area contributed by atoms with Gasteiger partial charge in [-0.1, -0.05) is 6.07 Å². The molecule has 172 valence electrons. The zero-order valence-corrected chi connectivity index (χ0v) is 20.4. The molecule has 4 rings (SSSR count). The summed E-state index contributed by atoms with van der Waals surface area (Å²) in [5, 5.41) is 2.23. The van der Waals surface area contributed by atoms with Crippen molar-refractivity contribution in [2.45, 2.75) is 34.6 Å². The molecule has 0 radical (unpaired) electrons. The first-order valence-corrected chi connectivity index (χ1v) is 11.9. The topological polar surface area (TPSA) is 71.4 Å². The first-order valence-electron chi connectivity index (χ1n) is 11.9. The van der Waals surface area contributed by atoms with Crippen molar-refractivity contribution < 1.29 is 4.42 Å². The molecule has 0 saturated carbocycles. The molecule has 5 nitrogen and oxygen atoms in total. The summed E-state index contributed by atoms with van der Waals surface area (Å²) in [7, 11) is 0. The van der Waals surface area contributed by atoms with Crippen LogP contribution in [0.1, 0.15) is 33.3 Å². The Hall–Kier alpha value is -3.47. The van der Waals surface area contributed by atoms with Gasteiger partial charge in [-0.05, 0) is 70.0 Å². The minimum Gasteiger partial charge on any atom is -0.456 e. The van der Waals surface area contributed by atoms with Gasteiger partial charge in [-0.15, -0.1) is 0 Å². The van der Waals surface area contributed by atoms with Crippen molar-refractivity contribution in [1.82, 2.24) is 4.58 Å². The van der Waals surface area contributed by atoms with E-state index in [0.717, 1.165) is 76.2 Å². The summed E-state index contributed by atoms with van der Waals surface area (Å²) in [4.78, 5) is 2.33. The van der Waals surface area contributed by atoms with E-state index in [2.05, 4.69) is 79.6 Å². The minimum atomic E-state index is 0.609. The largest absolute Gasteiger partial charge is 0.456 e. The van der Waals surface area contributed by atoms with Gasteiger partial charge >= 0.3 is 0 Å². The molecule has 33 heavy (non-hydrogen) atoms. The van der Waals surface area contributed by atoms with E-state index >= 15 is 0 Å². The summed E-state index contributed by atoms with van der Waals surface area (Å²) in [6.07, 6.45) is 0. The highest BCUT2D eigenvalue weighted by Crippen LogP contribution is 2.43. The lowest BCUT2D eigenvalue weighted by Gasteiger charge is -2.23. The predicted molar refractivity (Wildman–Crippen MR) is 142 cm³/mol. The van der Waals surface area contributed by atoms with Gasteiger partial charge in [-0.2, -0.15) is 0 Å². The molecule has 0 fully saturated rings. The normalized spacial score (nSPS) is 11.3. The Morgan fingerprint density at radius 2 is 1.55 bits per heavy atom. The van der Waals surface area contributed by atoms with Crippen LogP contribution in [-0.2, 0) is 0 Å². The van der Waals surface area contributed by atoms with Crippen LogP contribution in [-0.4, -0.2) is 26.2 Å². The summed E-state index contributed by atoms with van der Waals surface area (Å²) in [6.45, 7) is 14.5. The maximum absolute atomic E-state index is 6.55. The number of hydrogen-bond donors (Lipinski definition) is 2. The van der Waals surface area contributed by atoms with Crippen LogP contribution >= 0.6 is 0 Å². The Bertz CT molecular complexity index is 1340. The third kappa shape index (κ3) is 3.92. The van der Waals surface area contributed by atoms with Crippen LogP contribution in [0.15, 0.2) is 52.9 Å². The Morgan fingerprint density at radius 3 is 2.21 bits per heavy atom. The van der Waals surface area contributed by atoms with Crippen molar-refractivity contribution in [2.24, 2.45) is 0 Å². The number of nitrogens with zero attached hydrogens (tertiary/aromatic N) is 2. The van der Waals surface area contributed by atoms with E-state index in [4.69, 9.17) is 15.9 Å². The number of fused-ring (bicyclic) bond motifs is 2. The molecule has 2 aromatic carbocycles. The number of anilines is 3. The number of rotatable bonds is 6. The van der Waals surface area contributed by atoms with Gasteiger partial charge < -0.3 is 20.8 Å². The van der Waals surface area contributed by atoms with Gasteiger partial charge in [0.1, 0.15) is 24.4 Å². The van der Waals surface area contributed by atoms with E-state index in [1.807, 2.05) is 13.0 Å². The molecule has 1 aliphatic heterocycles. The molecular weight excluding hydrogens is 408 g/mol. The van der Waals surface area contributed by atoms with Crippen molar-refractivity contribution in [3.8, 4) is 22.5 Å². The van der Waals surface area contributed by atoms with Crippen molar-refractivity contribution in [3.05, 3.63) is 59.5 Å². The van der Waals surface area contributed by atoms with Crippen LogP contribution in [0, 0.1) is 6.92 Å². The van der Waals surface area contributed by atoms with Gasteiger partial charge in [0.2, 0.25) is 5.36 Å². The summed E-state index contributed by atoms with van der Waals surface area (Å²) in [6, 6.07) is 17.0. The van der Waals surface area contributed by atoms with E-state index in [1.54, 1.807) is 0 Å². The molecule has 0 bridgehead atoms. The summed E-state index contributed by atoms with van der Waals surface area (Å²) in [5.41, 5.74) is 20.0. The molecule has 4 N–H and O–H groups in total. The molecule has 2 aliphatic rings. The van der Waals surface area contributed by atoms with Gasteiger partial charge in [0.05, 0.1) is 17.4 Å². The first-order chi connectivity index (χ1) is 15.9. The lowest BCUT2D eigenvalue weighted by Crippen LogP contribution is -2.29. The fraction of sp³-hybridized carbons (Fsp3) is 0.321. The maximum Gasteiger partial charge on any atom is 0.203 e. The number of hydrogen-bond acceptors (Lipinski definition) is 4. The monoisotopic (exact) mass is 443 g/mol. The molecule has 1 heterocycles. The second kappa shape index (κ2) is 9.18. The molecule has 1 aliphatic carbocycles. The summed E-state index contributed by atoms with van der Waals surface area (Å²) in [5.74, 6) is 0.869. The van der Waals surface area contributed by atoms with Crippen molar-refractivity contribution in [2.75, 3.05) is 42.5 Å². The van der Waals surface area contributed by atoms with E-state index < -0.39 is 0 Å². The number of benzene rings is 3. The fourth-order valence-corrected chi connectivity index (χ4v) is 4.75. The fourth-order valence-electron chi connectivity index (χ4n) is 4.75. The average molecular weight is 444 g/mol. The smallest absolute Gasteiger partial charge is 0.203 e. The Balaban J connectivity index is 2.13. The summed E-state index contributed by atoms with van der Waals surface area (Å²) >= 11 is 0. The lowest BCUT2D eigenvalue weighted by molar-refractivity contribution is 0.604. The third-order valence-corrected chi connectivity index (χ3v) is 6.76.